The van der Waals surface area contributed by atoms with Crippen LogP contribution < -0.4 is 21.5 Å². The lowest BCUT2D eigenvalue weighted by atomic mass is 9.88. The van der Waals surface area contributed by atoms with E-state index in [1.54, 1.807) is 0 Å². The van der Waals surface area contributed by atoms with Crippen LogP contribution in [0.25, 0.3) is 0 Å². The van der Waals surface area contributed by atoms with Gasteiger partial charge in [-0.1, -0.05) is 20.8 Å². The lowest BCUT2D eigenvalue weighted by molar-refractivity contribution is 0.358. The Morgan fingerprint density at radius 3 is 2.25 bits per heavy atom. The van der Waals surface area contributed by atoms with E-state index in [0.29, 0.717) is 17.8 Å². The largest absolute Gasteiger partial charge is 0.351 e. The SMILES string of the molecule is CC(Nc1nc(NN)nc(N2CCCC2)n1)C(C)(C)C. The van der Waals surface area contributed by atoms with Crippen molar-refractivity contribution in [1.29, 1.82) is 0 Å². The minimum Gasteiger partial charge on any atom is -0.351 e. The summed E-state index contributed by atoms with van der Waals surface area (Å²) in [6, 6.07) is 0.238. The fraction of sp³-hybridized carbons (Fsp3) is 0.769. The third kappa shape index (κ3) is 3.47. The fourth-order valence-corrected chi connectivity index (χ4v) is 1.96. The molecule has 0 amide bonds. The standard InChI is InChI=1S/C13H25N7/c1-9(13(2,3)4)15-10-16-11(19-14)18-12(17-10)20-7-5-6-8-20/h9H,5-8,14H2,1-4H3,(H2,15,16,17,18,19). The van der Waals surface area contributed by atoms with Gasteiger partial charge >= 0.3 is 0 Å². The van der Waals surface area contributed by atoms with Crippen LogP contribution in [0.1, 0.15) is 40.5 Å². The molecule has 1 fully saturated rings. The molecular formula is C13H25N7. The number of rotatable bonds is 4. The number of hydrogen-bond donors (Lipinski definition) is 3. The predicted molar refractivity (Wildman–Crippen MR) is 81.6 cm³/mol. The average molecular weight is 279 g/mol. The molecule has 0 spiro atoms. The maximum Gasteiger partial charge on any atom is 0.243 e. The number of nitrogens with one attached hydrogen (secondary N) is 2. The third-order valence-corrected chi connectivity index (χ3v) is 3.79. The van der Waals surface area contributed by atoms with Crippen LogP contribution in [0, 0.1) is 5.41 Å². The van der Waals surface area contributed by atoms with Crippen LogP contribution in [0.4, 0.5) is 17.8 Å². The summed E-state index contributed by atoms with van der Waals surface area (Å²) in [6.45, 7) is 10.6. The van der Waals surface area contributed by atoms with E-state index in [2.05, 4.69) is 58.3 Å². The van der Waals surface area contributed by atoms with E-state index in [0.717, 1.165) is 13.1 Å². The summed E-state index contributed by atoms with van der Waals surface area (Å²) < 4.78 is 0. The second-order valence-electron chi connectivity index (χ2n) is 6.35. The molecule has 4 N–H and O–H groups in total. The summed E-state index contributed by atoms with van der Waals surface area (Å²) in [5, 5.41) is 3.34. The van der Waals surface area contributed by atoms with Crippen molar-refractivity contribution in [3.05, 3.63) is 0 Å². The molecule has 7 nitrogen and oxygen atoms in total. The lowest BCUT2D eigenvalue weighted by Crippen LogP contribution is -2.32. The zero-order valence-corrected chi connectivity index (χ0v) is 12.8. The van der Waals surface area contributed by atoms with Gasteiger partial charge < -0.3 is 10.2 Å². The first kappa shape index (κ1) is 14.8. The molecule has 7 heteroatoms. The Morgan fingerprint density at radius 2 is 1.70 bits per heavy atom. The van der Waals surface area contributed by atoms with Gasteiger partial charge in [-0.3, -0.25) is 5.43 Å². The number of nitrogen functional groups attached to an aromatic ring is 1. The van der Waals surface area contributed by atoms with Crippen LogP contribution in [-0.4, -0.2) is 34.1 Å². The summed E-state index contributed by atoms with van der Waals surface area (Å²) in [4.78, 5) is 15.3. The molecule has 0 bridgehead atoms. The Kier molecular flexibility index (Phi) is 4.27. The molecule has 0 saturated carbocycles. The molecule has 1 atom stereocenters. The van der Waals surface area contributed by atoms with Crippen molar-refractivity contribution >= 4 is 17.8 Å². The van der Waals surface area contributed by atoms with E-state index in [4.69, 9.17) is 5.84 Å². The molecule has 0 aliphatic carbocycles. The molecule has 0 radical (unpaired) electrons. The Hall–Kier alpha value is -1.63. The van der Waals surface area contributed by atoms with Crippen LogP contribution in [0.5, 0.6) is 0 Å². The molecule has 2 rings (SSSR count). The highest BCUT2D eigenvalue weighted by molar-refractivity contribution is 5.44. The summed E-state index contributed by atoms with van der Waals surface area (Å²) >= 11 is 0. The van der Waals surface area contributed by atoms with Gasteiger partial charge in [-0.25, -0.2) is 5.84 Å². The van der Waals surface area contributed by atoms with Crippen LogP contribution in [-0.2, 0) is 0 Å². The normalized spacial score (nSPS) is 17.1. The van der Waals surface area contributed by atoms with Gasteiger partial charge in [0.05, 0.1) is 0 Å². The summed E-state index contributed by atoms with van der Waals surface area (Å²) in [6.07, 6.45) is 2.36. The van der Waals surface area contributed by atoms with Gasteiger partial charge in [0.25, 0.3) is 0 Å². The predicted octanol–water partition coefficient (Wildman–Crippen LogP) is 1.60. The van der Waals surface area contributed by atoms with Crippen LogP contribution in [0.15, 0.2) is 0 Å². The average Bonchev–Trinajstić information content (AvgIpc) is 2.91. The van der Waals surface area contributed by atoms with Crippen molar-refractivity contribution < 1.29 is 0 Å². The topological polar surface area (TPSA) is 92.0 Å². The number of anilines is 3. The van der Waals surface area contributed by atoms with Crippen molar-refractivity contribution in [3.8, 4) is 0 Å². The van der Waals surface area contributed by atoms with Gasteiger partial charge in [-0.15, -0.1) is 0 Å². The molecule has 112 valence electrons. The molecule has 1 aromatic rings. The molecule has 1 aromatic heterocycles. The number of hydrogen-bond acceptors (Lipinski definition) is 7. The maximum atomic E-state index is 5.45. The highest BCUT2D eigenvalue weighted by Gasteiger charge is 2.22. The molecule has 0 aromatic carbocycles. The smallest absolute Gasteiger partial charge is 0.243 e. The Labute approximate surface area is 120 Å². The van der Waals surface area contributed by atoms with Gasteiger partial charge in [-0.05, 0) is 25.2 Å². The molecule has 2 heterocycles. The maximum absolute atomic E-state index is 5.45. The van der Waals surface area contributed by atoms with Crippen molar-refractivity contribution in [2.75, 3.05) is 28.7 Å². The van der Waals surface area contributed by atoms with Crippen molar-refractivity contribution in [1.82, 2.24) is 15.0 Å². The van der Waals surface area contributed by atoms with E-state index in [1.807, 2.05) is 0 Å². The van der Waals surface area contributed by atoms with Crippen LogP contribution in [0.2, 0.25) is 0 Å². The van der Waals surface area contributed by atoms with Crippen molar-refractivity contribution in [2.24, 2.45) is 11.3 Å². The van der Waals surface area contributed by atoms with Crippen molar-refractivity contribution in [3.63, 3.8) is 0 Å². The second-order valence-corrected chi connectivity index (χ2v) is 6.35. The van der Waals surface area contributed by atoms with Gasteiger partial charge in [0.1, 0.15) is 0 Å². The molecule has 1 saturated heterocycles. The first-order valence-electron chi connectivity index (χ1n) is 7.14. The van der Waals surface area contributed by atoms with E-state index < -0.39 is 0 Å². The number of nitrogens with zero attached hydrogens (tertiary/aromatic N) is 4. The Morgan fingerprint density at radius 1 is 1.10 bits per heavy atom. The second kappa shape index (κ2) is 5.78. The minimum absolute atomic E-state index is 0.122. The summed E-state index contributed by atoms with van der Waals surface area (Å²) in [7, 11) is 0. The van der Waals surface area contributed by atoms with E-state index in [1.165, 1.54) is 12.8 Å². The number of aromatic nitrogens is 3. The van der Waals surface area contributed by atoms with Gasteiger partial charge in [0.15, 0.2) is 0 Å². The van der Waals surface area contributed by atoms with Gasteiger partial charge in [-0.2, -0.15) is 15.0 Å². The number of nitrogens with two attached hydrogens (primary N) is 1. The quantitative estimate of drug-likeness (QED) is 0.569. The highest BCUT2D eigenvalue weighted by atomic mass is 15.4. The zero-order valence-electron chi connectivity index (χ0n) is 12.8. The zero-order chi connectivity index (χ0) is 14.8. The molecule has 1 aliphatic heterocycles. The first-order chi connectivity index (χ1) is 9.40. The van der Waals surface area contributed by atoms with Crippen LogP contribution >= 0.6 is 0 Å². The molecular weight excluding hydrogens is 254 g/mol. The molecule has 1 unspecified atom stereocenters. The molecule has 20 heavy (non-hydrogen) atoms. The minimum atomic E-state index is 0.122. The number of hydrazine groups is 1. The molecule has 1 aliphatic rings. The van der Waals surface area contributed by atoms with E-state index in [-0.39, 0.29) is 11.5 Å². The summed E-state index contributed by atoms with van der Waals surface area (Å²) in [5.41, 5.74) is 2.64. The van der Waals surface area contributed by atoms with Gasteiger partial charge in [0, 0.05) is 19.1 Å². The van der Waals surface area contributed by atoms with Crippen LogP contribution in [0.3, 0.4) is 0 Å². The van der Waals surface area contributed by atoms with E-state index >= 15 is 0 Å². The Balaban J connectivity index is 2.21. The highest BCUT2D eigenvalue weighted by Crippen LogP contribution is 2.23. The third-order valence-electron chi connectivity index (χ3n) is 3.79. The van der Waals surface area contributed by atoms with Gasteiger partial charge in [0.2, 0.25) is 17.8 Å². The first-order valence-corrected chi connectivity index (χ1v) is 7.14. The fourth-order valence-electron chi connectivity index (χ4n) is 1.96. The van der Waals surface area contributed by atoms with Crippen molar-refractivity contribution in [2.45, 2.75) is 46.6 Å². The lowest BCUT2D eigenvalue weighted by Gasteiger charge is -2.28. The van der Waals surface area contributed by atoms with E-state index in [9.17, 15) is 0 Å². The summed E-state index contributed by atoms with van der Waals surface area (Å²) in [5.74, 6) is 7.10. The monoisotopic (exact) mass is 279 g/mol. The Bertz CT molecular complexity index is 449.